The van der Waals surface area contributed by atoms with Gasteiger partial charge in [-0.3, -0.25) is 0 Å². The zero-order valence-corrected chi connectivity index (χ0v) is 9.44. The molecule has 1 aromatic rings. The van der Waals surface area contributed by atoms with Gasteiger partial charge >= 0.3 is 0 Å². The van der Waals surface area contributed by atoms with E-state index in [1.165, 1.54) is 5.56 Å². The molecule has 1 aromatic carbocycles. The molecule has 3 nitrogen and oxygen atoms in total. The van der Waals surface area contributed by atoms with Crippen molar-refractivity contribution in [3.05, 3.63) is 42.5 Å². The molecular formula is C13H16N2O. The molecule has 0 radical (unpaired) electrons. The van der Waals surface area contributed by atoms with Gasteiger partial charge in [0.05, 0.1) is 0 Å². The first-order chi connectivity index (χ1) is 7.76. The number of benzene rings is 1. The molecule has 84 valence electrons. The van der Waals surface area contributed by atoms with Crippen LogP contribution in [0.25, 0.3) is 0 Å². The van der Waals surface area contributed by atoms with E-state index in [4.69, 9.17) is 10.00 Å². The summed E-state index contributed by atoms with van der Waals surface area (Å²) in [4.78, 5) is 0. The van der Waals surface area contributed by atoms with Gasteiger partial charge in [-0.05, 0) is 24.6 Å². The zero-order valence-electron chi connectivity index (χ0n) is 9.44. The summed E-state index contributed by atoms with van der Waals surface area (Å²) in [6, 6.07) is 9.93. The number of nitriles is 1. The van der Waals surface area contributed by atoms with E-state index in [1.807, 2.05) is 36.4 Å². The molecule has 0 spiro atoms. The van der Waals surface area contributed by atoms with Crippen LogP contribution in [-0.2, 0) is 6.54 Å². The van der Waals surface area contributed by atoms with Crippen molar-refractivity contribution in [2.75, 3.05) is 6.61 Å². The minimum atomic E-state index is 0.0884. The lowest BCUT2D eigenvalue weighted by molar-refractivity contribution is 0.368. The first-order valence-electron chi connectivity index (χ1n) is 5.21. The summed E-state index contributed by atoms with van der Waals surface area (Å²) in [5, 5.41) is 11.7. The van der Waals surface area contributed by atoms with Crippen LogP contribution in [0.5, 0.6) is 5.75 Å². The minimum absolute atomic E-state index is 0.0884. The number of nitrogens with zero attached hydrogens (tertiary/aromatic N) is 1. The van der Waals surface area contributed by atoms with Gasteiger partial charge in [0.2, 0.25) is 0 Å². The van der Waals surface area contributed by atoms with E-state index in [9.17, 15) is 0 Å². The summed E-state index contributed by atoms with van der Waals surface area (Å²) < 4.78 is 5.16. The molecule has 0 amide bonds. The van der Waals surface area contributed by atoms with Crippen LogP contribution in [0.1, 0.15) is 12.5 Å². The van der Waals surface area contributed by atoms with Gasteiger partial charge in [-0.15, -0.1) is 6.58 Å². The Labute approximate surface area is 96.4 Å². The van der Waals surface area contributed by atoms with Crippen molar-refractivity contribution in [3.63, 3.8) is 0 Å². The Kier molecular flexibility index (Phi) is 5.10. The molecule has 0 aromatic heterocycles. The van der Waals surface area contributed by atoms with Crippen molar-refractivity contribution >= 4 is 0 Å². The normalized spacial score (nSPS) is 11.5. The van der Waals surface area contributed by atoms with Crippen LogP contribution < -0.4 is 10.1 Å². The third kappa shape index (κ3) is 4.16. The lowest BCUT2D eigenvalue weighted by Gasteiger charge is -2.09. The number of hydrogen-bond acceptors (Lipinski definition) is 3. The van der Waals surface area contributed by atoms with Crippen molar-refractivity contribution in [2.24, 2.45) is 0 Å². The Balaban J connectivity index is 2.45. The Hall–Kier alpha value is -1.79. The molecule has 1 unspecified atom stereocenters. The monoisotopic (exact) mass is 216 g/mol. The molecule has 1 N–H and O–H groups in total. The molecule has 3 heteroatoms. The fourth-order valence-corrected chi connectivity index (χ4v) is 1.18. The Morgan fingerprint density at radius 1 is 1.50 bits per heavy atom. The Bertz CT molecular complexity index is 365. The number of hydrogen-bond donors (Lipinski definition) is 1. The highest BCUT2D eigenvalue weighted by molar-refractivity contribution is 5.27. The van der Waals surface area contributed by atoms with Gasteiger partial charge in [0, 0.05) is 12.6 Å². The van der Waals surface area contributed by atoms with Crippen LogP contribution in [0, 0.1) is 11.3 Å². The number of rotatable bonds is 6. The molecule has 0 heterocycles. The first-order valence-corrected chi connectivity index (χ1v) is 5.21. The SMILES string of the molecule is C=CC(C)NCc1ccc(OCC#N)cc1. The Morgan fingerprint density at radius 3 is 2.75 bits per heavy atom. The largest absolute Gasteiger partial charge is 0.479 e. The molecule has 1 rings (SSSR count). The van der Waals surface area contributed by atoms with Crippen LogP contribution in [0.4, 0.5) is 0 Å². The van der Waals surface area contributed by atoms with E-state index in [-0.39, 0.29) is 6.61 Å². The molecule has 1 atom stereocenters. The number of nitrogens with one attached hydrogen (secondary N) is 1. The van der Waals surface area contributed by atoms with Crippen LogP contribution in [0.15, 0.2) is 36.9 Å². The molecule has 16 heavy (non-hydrogen) atoms. The fraction of sp³-hybridized carbons (Fsp3) is 0.308. The summed E-state index contributed by atoms with van der Waals surface area (Å²) >= 11 is 0. The summed E-state index contributed by atoms with van der Waals surface area (Å²) in [6.07, 6.45) is 1.87. The second-order valence-corrected chi connectivity index (χ2v) is 3.50. The highest BCUT2D eigenvalue weighted by Gasteiger charge is 1.97. The van der Waals surface area contributed by atoms with Crippen molar-refractivity contribution in [2.45, 2.75) is 19.5 Å². The predicted molar refractivity (Wildman–Crippen MR) is 64.0 cm³/mol. The fourth-order valence-electron chi connectivity index (χ4n) is 1.18. The van der Waals surface area contributed by atoms with Gasteiger partial charge in [0.1, 0.15) is 11.8 Å². The highest BCUT2D eigenvalue weighted by Crippen LogP contribution is 2.11. The van der Waals surface area contributed by atoms with Crippen molar-refractivity contribution in [1.82, 2.24) is 5.32 Å². The zero-order chi connectivity index (χ0) is 11.8. The third-order valence-electron chi connectivity index (χ3n) is 2.21. The smallest absolute Gasteiger partial charge is 0.174 e. The molecule has 0 aliphatic rings. The highest BCUT2D eigenvalue weighted by atomic mass is 16.5. The molecule has 0 bridgehead atoms. The molecule has 0 fully saturated rings. The molecule has 0 aliphatic carbocycles. The maximum absolute atomic E-state index is 8.36. The van der Waals surface area contributed by atoms with E-state index in [0.717, 1.165) is 12.3 Å². The van der Waals surface area contributed by atoms with Gasteiger partial charge in [0.25, 0.3) is 0 Å². The van der Waals surface area contributed by atoms with Crippen molar-refractivity contribution in [1.29, 1.82) is 5.26 Å². The minimum Gasteiger partial charge on any atom is -0.479 e. The van der Waals surface area contributed by atoms with E-state index in [2.05, 4.69) is 18.8 Å². The maximum atomic E-state index is 8.36. The second-order valence-electron chi connectivity index (χ2n) is 3.50. The van der Waals surface area contributed by atoms with E-state index in [1.54, 1.807) is 0 Å². The van der Waals surface area contributed by atoms with E-state index >= 15 is 0 Å². The van der Waals surface area contributed by atoms with E-state index in [0.29, 0.717) is 6.04 Å². The molecule has 0 saturated heterocycles. The van der Waals surface area contributed by atoms with Crippen LogP contribution in [0.3, 0.4) is 0 Å². The number of ether oxygens (including phenoxy) is 1. The topological polar surface area (TPSA) is 45.0 Å². The van der Waals surface area contributed by atoms with Gasteiger partial charge in [-0.1, -0.05) is 18.2 Å². The third-order valence-corrected chi connectivity index (χ3v) is 2.21. The summed E-state index contributed by atoms with van der Waals surface area (Å²) in [5.74, 6) is 0.724. The summed E-state index contributed by atoms with van der Waals surface area (Å²) in [5.41, 5.74) is 1.18. The average molecular weight is 216 g/mol. The summed E-state index contributed by atoms with van der Waals surface area (Å²) in [6.45, 7) is 6.65. The van der Waals surface area contributed by atoms with Crippen molar-refractivity contribution in [3.8, 4) is 11.8 Å². The summed E-state index contributed by atoms with van der Waals surface area (Å²) in [7, 11) is 0. The predicted octanol–water partition coefficient (Wildman–Crippen LogP) is 2.25. The Morgan fingerprint density at radius 2 is 2.19 bits per heavy atom. The lowest BCUT2D eigenvalue weighted by Crippen LogP contribution is -2.22. The maximum Gasteiger partial charge on any atom is 0.174 e. The van der Waals surface area contributed by atoms with Crippen LogP contribution >= 0.6 is 0 Å². The van der Waals surface area contributed by atoms with Gasteiger partial charge < -0.3 is 10.1 Å². The van der Waals surface area contributed by atoms with Crippen LogP contribution in [-0.4, -0.2) is 12.6 Å². The molecule has 0 aliphatic heterocycles. The standard InChI is InChI=1S/C13H16N2O/c1-3-11(2)15-10-12-4-6-13(7-5-12)16-9-8-14/h3-7,11,15H,1,9-10H2,2H3. The quantitative estimate of drug-likeness (QED) is 0.742. The second kappa shape index (κ2) is 6.65. The lowest BCUT2D eigenvalue weighted by atomic mass is 10.2. The van der Waals surface area contributed by atoms with E-state index < -0.39 is 0 Å². The average Bonchev–Trinajstić information content (AvgIpc) is 2.34. The molecular weight excluding hydrogens is 200 g/mol. The first kappa shape index (κ1) is 12.3. The van der Waals surface area contributed by atoms with Gasteiger partial charge in [-0.2, -0.15) is 5.26 Å². The molecule has 0 saturated carbocycles. The van der Waals surface area contributed by atoms with Gasteiger partial charge in [0.15, 0.2) is 6.61 Å². The van der Waals surface area contributed by atoms with Crippen LogP contribution in [0.2, 0.25) is 0 Å². The van der Waals surface area contributed by atoms with Crippen molar-refractivity contribution < 1.29 is 4.74 Å². The van der Waals surface area contributed by atoms with Gasteiger partial charge in [-0.25, -0.2) is 0 Å².